The van der Waals surface area contributed by atoms with Crippen LogP contribution in [0.25, 0.3) is 6.08 Å². The Labute approximate surface area is 119 Å². The van der Waals surface area contributed by atoms with Gasteiger partial charge in [0.25, 0.3) is 0 Å². The standard InChI is InChI=1S/C16H19ClO2/c1-16(2)9-8-12(14(16)15(18)19-3)10-11-4-6-13(17)7-5-11/h4-7,10,14H,8-9H2,1-3H3/b12-10+. The molecule has 0 spiro atoms. The summed E-state index contributed by atoms with van der Waals surface area (Å²) in [7, 11) is 1.46. The van der Waals surface area contributed by atoms with E-state index in [9.17, 15) is 4.79 Å². The highest BCUT2D eigenvalue weighted by molar-refractivity contribution is 6.30. The van der Waals surface area contributed by atoms with Gasteiger partial charge in [0.2, 0.25) is 0 Å². The maximum absolute atomic E-state index is 12.0. The molecular formula is C16H19ClO2. The Morgan fingerprint density at radius 1 is 1.37 bits per heavy atom. The minimum absolute atomic E-state index is 0.0364. The van der Waals surface area contributed by atoms with Crippen molar-refractivity contribution in [2.75, 3.05) is 7.11 Å². The first-order valence-corrected chi connectivity index (χ1v) is 6.86. The lowest BCUT2D eigenvalue weighted by Crippen LogP contribution is -2.27. The lowest BCUT2D eigenvalue weighted by molar-refractivity contribution is -0.146. The van der Waals surface area contributed by atoms with Crippen LogP contribution in [0.1, 0.15) is 32.3 Å². The molecule has 2 rings (SSSR count). The van der Waals surface area contributed by atoms with Crippen molar-refractivity contribution >= 4 is 23.6 Å². The lowest BCUT2D eigenvalue weighted by atomic mass is 9.80. The van der Waals surface area contributed by atoms with Crippen molar-refractivity contribution in [3.63, 3.8) is 0 Å². The van der Waals surface area contributed by atoms with Crippen LogP contribution in [0.2, 0.25) is 5.02 Å². The highest BCUT2D eigenvalue weighted by atomic mass is 35.5. The summed E-state index contributed by atoms with van der Waals surface area (Å²) in [4.78, 5) is 12.0. The van der Waals surface area contributed by atoms with Crippen molar-refractivity contribution in [2.45, 2.75) is 26.7 Å². The normalized spacial score (nSPS) is 23.6. The zero-order valence-corrected chi connectivity index (χ0v) is 12.3. The van der Waals surface area contributed by atoms with E-state index in [0.29, 0.717) is 0 Å². The molecule has 2 nitrogen and oxygen atoms in total. The summed E-state index contributed by atoms with van der Waals surface area (Å²) < 4.78 is 4.96. The Kier molecular flexibility index (Phi) is 4.00. The van der Waals surface area contributed by atoms with Crippen molar-refractivity contribution in [3.8, 4) is 0 Å². The maximum Gasteiger partial charge on any atom is 0.313 e. The number of halogens is 1. The van der Waals surface area contributed by atoms with Gasteiger partial charge in [0.1, 0.15) is 0 Å². The molecule has 1 aliphatic carbocycles. The molecule has 0 aromatic heterocycles. The van der Waals surface area contributed by atoms with E-state index in [1.54, 1.807) is 0 Å². The highest BCUT2D eigenvalue weighted by Gasteiger charge is 2.43. The van der Waals surface area contributed by atoms with Gasteiger partial charge in [-0.25, -0.2) is 0 Å². The monoisotopic (exact) mass is 278 g/mol. The molecule has 1 atom stereocenters. The van der Waals surface area contributed by atoms with Gasteiger partial charge in [-0.05, 0) is 36.0 Å². The topological polar surface area (TPSA) is 26.3 Å². The number of methoxy groups -OCH3 is 1. The average Bonchev–Trinajstić information content (AvgIpc) is 2.67. The second-order valence-corrected chi connectivity index (χ2v) is 6.15. The third-order valence-electron chi connectivity index (χ3n) is 3.87. The first kappa shape index (κ1) is 14.1. The first-order chi connectivity index (χ1) is 8.94. The summed E-state index contributed by atoms with van der Waals surface area (Å²) in [5.74, 6) is -0.282. The summed E-state index contributed by atoms with van der Waals surface area (Å²) in [6.07, 6.45) is 4.04. The van der Waals surface area contributed by atoms with Crippen LogP contribution in [0.3, 0.4) is 0 Å². The Balaban J connectivity index is 2.32. The van der Waals surface area contributed by atoms with Crippen LogP contribution < -0.4 is 0 Å². The number of hydrogen-bond acceptors (Lipinski definition) is 2. The number of carbonyl (C=O) groups is 1. The van der Waals surface area contributed by atoms with Crippen LogP contribution in [0.4, 0.5) is 0 Å². The van der Waals surface area contributed by atoms with Crippen molar-refractivity contribution in [2.24, 2.45) is 11.3 Å². The molecule has 1 aliphatic rings. The van der Waals surface area contributed by atoms with Gasteiger partial charge in [-0.3, -0.25) is 4.79 Å². The van der Waals surface area contributed by atoms with Gasteiger partial charge < -0.3 is 4.74 Å². The summed E-state index contributed by atoms with van der Waals surface area (Å²) in [6, 6.07) is 7.66. The molecule has 1 aromatic carbocycles. The molecule has 1 fully saturated rings. The maximum atomic E-state index is 12.0. The molecule has 0 bridgehead atoms. The number of hydrogen-bond donors (Lipinski definition) is 0. The fourth-order valence-corrected chi connectivity index (χ4v) is 2.90. The number of esters is 1. The van der Waals surface area contributed by atoms with Crippen molar-refractivity contribution in [3.05, 3.63) is 40.4 Å². The quantitative estimate of drug-likeness (QED) is 0.753. The summed E-state index contributed by atoms with van der Waals surface area (Å²) >= 11 is 5.88. The van der Waals surface area contributed by atoms with Gasteiger partial charge in [0.15, 0.2) is 0 Å². The van der Waals surface area contributed by atoms with E-state index in [1.165, 1.54) is 7.11 Å². The number of rotatable bonds is 2. The summed E-state index contributed by atoms with van der Waals surface area (Å²) in [6.45, 7) is 4.24. The highest BCUT2D eigenvalue weighted by Crippen LogP contribution is 2.47. The Bertz CT molecular complexity index is 500. The van der Waals surface area contributed by atoms with E-state index in [1.807, 2.05) is 24.3 Å². The zero-order valence-electron chi connectivity index (χ0n) is 11.6. The molecule has 0 radical (unpaired) electrons. The van der Waals surface area contributed by atoms with Crippen LogP contribution >= 0.6 is 11.6 Å². The van der Waals surface area contributed by atoms with E-state index in [-0.39, 0.29) is 17.3 Å². The van der Waals surface area contributed by atoms with Gasteiger partial charge in [-0.15, -0.1) is 0 Å². The van der Waals surface area contributed by atoms with Crippen molar-refractivity contribution in [1.29, 1.82) is 0 Å². The van der Waals surface area contributed by atoms with Gasteiger partial charge >= 0.3 is 5.97 Å². The minimum Gasteiger partial charge on any atom is -0.469 e. The van der Waals surface area contributed by atoms with Gasteiger partial charge in [-0.2, -0.15) is 0 Å². The molecule has 1 unspecified atom stereocenters. The van der Waals surface area contributed by atoms with Crippen molar-refractivity contribution < 1.29 is 9.53 Å². The average molecular weight is 279 g/mol. The number of carbonyl (C=O) groups excluding carboxylic acids is 1. The van der Waals surface area contributed by atoms with Crippen LogP contribution in [-0.2, 0) is 9.53 Å². The van der Waals surface area contributed by atoms with Gasteiger partial charge in [0.05, 0.1) is 13.0 Å². The third kappa shape index (κ3) is 3.01. The molecule has 0 saturated heterocycles. The Hall–Kier alpha value is -1.28. The molecule has 0 amide bonds. The molecule has 0 aliphatic heterocycles. The van der Waals surface area contributed by atoms with Crippen LogP contribution in [0.5, 0.6) is 0 Å². The molecule has 1 aromatic rings. The lowest BCUT2D eigenvalue weighted by Gasteiger charge is -2.25. The molecular weight excluding hydrogens is 260 g/mol. The SMILES string of the molecule is COC(=O)C1/C(=C/c2ccc(Cl)cc2)CCC1(C)C. The zero-order chi connectivity index (χ0) is 14.0. The molecule has 102 valence electrons. The molecule has 1 saturated carbocycles. The van der Waals surface area contributed by atoms with E-state index in [4.69, 9.17) is 16.3 Å². The minimum atomic E-state index is -0.145. The predicted octanol–water partition coefficient (Wildman–Crippen LogP) is 4.33. The fraction of sp³-hybridized carbons (Fsp3) is 0.438. The first-order valence-electron chi connectivity index (χ1n) is 6.48. The second-order valence-electron chi connectivity index (χ2n) is 5.72. The number of ether oxygens (including phenoxy) is 1. The van der Waals surface area contributed by atoms with Crippen LogP contribution in [-0.4, -0.2) is 13.1 Å². The summed E-state index contributed by atoms with van der Waals surface area (Å²) in [5.41, 5.74) is 2.19. The summed E-state index contributed by atoms with van der Waals surface area (Å²) in [5, 5.41) is 0.721. The molecule has 0 heterocycles. The third-order valence-corrected chi connectivity index (χ3v) is 4.12. The van der Waals surface area contributed by atoms with E-state index >= 15 is 0 Å². The fourth-order valence-electron chi connectivity index (χ4n) is 2.77. The van der Waals surface area contributed by atoms with Gasteiger partial charge in [0, 0.05) is 5.02 Å². The predicted molar refractivity (Wildman–Crippen MR) is 78.0 cm³/mol. The van der Waals surface area contributed by atoms with Crippen LogP contribution in [0, 0.1) is 11.3 Å². The molecule has 19 heavy (non-hydrogen) atoms. The van der Waals surface area contributed by atoms with E-state index < -0.39 is 0 Å². The Morgan fingerprint density at radius 2 is 2.00 bits per heavy atom. The van der Waals surface area contributed by atoms with Crippen molar-refractivity contribution in [1.82, 2.24) is 0 Å². The van der Waals surface area contributed by atoms with E-state index in [0.717, 1.165) is 29.0 Å². The molecule has 0 N–H and O–H groups in total. The van der Waals surface area contributed by atoms with Gasteiger partial charge in [-0.1, -0.05) is 49.2 Å². The Morgan fingerprint density at radius 3 is 2.58 bits per heavy atom. The largest absolute Gasteiger partial charge is 0.469 e. The second kappa shape index (κ2) is 5.38. The van der Waals surface area contributed by atoms with E-state index in [2.05, 4.69) is 19.9 Å². The molecule has 3 heteroatoms. The van der Waals surface area contributed by atoms with Crippen LogP contribution in [0.15, 0.2) is 29.8 Å². The smallest absolute Gasteiger partial charge is 0.313 e. The number of benzene rings is 1.